The van der Waals surface area contributed by atoms with E-state index in [1.165, 1.54) is 41.2 Å². The molecule has 9 heteroatoms. The van der Waals surface area contributed by atoms with Crippen molar-refractivity contribution >= 4 is 11.8 Å². The molecule has 3 aromatic rings. The molecule has 2 aromatic carbocycles. The Morgan fingerprint density at radius 3 is 2.32 bits per heavy atom. The van der Waals surface area contributed by atoms with Crippen LogP contribution in [-0.4, -0.2) is 16.2 Å². The van der Waals surface area contributed by atoms with E-state index >= 15 is 0 Å². The maximum absolute atomic E-state index is 14.5. The lowest BCUT2D eigenvalue weighted by Crippen LogP contribution is -2.21. The Kier molecular flexibility index (Phi) is 6.45. The fourth-order valence-corrected chi connectivity index (χ4v) is 3.34. The molecule has 4 nitrogen and oxygen atoms in total. The van der Waals surface area contributed by atoms with Crippen LogP contribution >= 0.6 is 11.8 Å². The molecule has 0 aliphatic rings. The first-order valence-corrected chi connectivity index (χ1v) is 10.1. The number of benzene rings is 2. The molecule has 1 heterocycles. The van der Waals surface area contributed by atoms with E-state index in [1.54, 1.807) is 6.07 Å². The molecule has 0 bridgehead atoms. The lowest BCUT2D eigenvalue weighted by atomic mass is 9.99. The van der Waals surface area contributed by atoms with Gasteiger partial charge < -0.3 is 4.74 Å². The van der Waals surface area contributed by atoms with Crippen LogP contribution in [0.5, 0.6) is 5.75 Å². The lowest BCUT2D eigenvalue weighted by molar-refractivity contribution is -0.137. The molecular formula is C22H20F4N2O2S. The summed E-state index contributed by atoms with van der Waals surface area (Å²) in [5.41, 5.74) is -1.16. The van der Waals surface area contributed by atoms with Gasteiger partial charge in [-0.3, -0.25) is 9.36 Å². The van der Waals surface area contributed by atoms with Crippen molar-refractivity contribution in [1.82, 2.24) is 9.55 Å². The molecule has 0 saturated carbocycles. The normalized spacial score (nSPS) is 12.1. The minimum Gasteiger partial charge on any atom is -0.490 e. The molecular weight excluding hydrogens is 432 g/mol. The van der Waals surface area contributed by atoms with Gasteiger partial charge in [0.1, 0.15) is 0 Å². The van der Waals surface area contributed by atoms with Crippen molar-refractivity contribution in [3.05, 3.63) is 76.6 Å². The van der Waals surface area contributed by atoms with Gasteiger partial charge in [-0.15, -0.1) is 0 Å². The van der Waals surface area contributed by atoms with Gasteiger partial charge >= 0.3 is 6.18 Å². The van der Waals surface area contributed by atoms with Crippen molar-refractivity contribution in [3.8, 4) is 11.4 Å². The minimum absolute atomic E-state index is 0.0516. The molecule has 31 heavy (non-hydrogen) atoms. The van der Waals surface area contributed by atoms with E-state index in [0.717, 1.165) is 23.9 Å². The summed E-state index contributed by atoms with van der Waals surface area (Å²) >= 11 is 0.930. The van der Waals surface area contributed by atoms with E-state index in [0.29, 0.717) is 11.5 Å². The van der Waals surface area contributed by atoms with Crippen LogP contribution in [0.4, 0.5) is 17.6 Å². The smallest absolute Gasteiger partial charge is 0.416 e. The molecule has 0 radical (unpaired) electrons. The molecule has 0 fully saturated rings. The minimum atomic E-state index is -4.44. The molecule has 0 amide bonds. The number of rotatable bonds is 5. The standard InChI is InChI=1S/C22H20F4N2O2S/c1-21(2,3)13-30-18-9-6-15(12-17(18)23)28-11-10-27-19(20(28)29)31-16-7-4-14(5-8-16)22(24,25)26/h4-12H,13H2,1-3H3. The van der Waals surface area contributed by atoms with Crippen LogP contribution in [0.1, 0.15) is 26.3 Å². The molecule has 0 atom stereocenters. The summed E-state index contributed by atoms with van der Waals surface area (Å²) in [6.45, 7) is 6.22. The van der Waals surface area contributed by atoms with E-state index in [1.807, 2.05) is 20.8 Å². The van der Waals surface area contributed by atoms with Crippen molar-refractivity contribution < 1.29 is 22.3 Å². The summed E-state index contributed by atoms with van der Waals surface area (Å²) in [5, 5.41) is 0.0516. The van der Waals surface area contributed by atoms with E-state index in [-0.39, 0.29) is 21.9 Å². The third-order valence-electron chi connectivity index (χ3n) is 4.06. The molecule has 3 rings (SSSR count). The van der Waals surface area contributed by atoms with Crippen molar-refractivity contribution in [2.24, 2.45) is 5.41 Å². The molecule has 0 spiro atoms. The number of ether oxygens (including phenoxy) is 1. The predicted octanol–water partition coefficient (Wildman–Crippen LogP) is 5.97. The SMILES string of the molecule is CC(C)(C)COc1ccc(-n2ccnc(Sc3ccc(C(F)(F)F)cc3)c2=O)cc1F. The van der Waals surface area contributed by atoms with Gasteiger partial charge in [0.2, 0.25) is 0 Å². The van der Waals surface area contributed by atoms with Crippen LogP contribution in [0.15, 0.2) is 69.6 Å². The highest BCUT2D eigenvalue weighted by atomic mass is 32.2. The Morgan fingerprint density at radius 1 is 1.06 bits per heavy atom. The average Bonchev–Trinajstić information content (AvgIpc) is 2.68. The third-order valence-corrected chi connectivity index (χ3v) is 5.04. The number of alkyl halides is 3. The summed E-state index contributed by atoms with van der Waals surface area (Å²) < 4.78 is 59.3. The highest BCUT2D eigenvalue weighted by molar-refractivity contribution is 7.99. The maximum Gasteiger partial charge on any atom is 0.416 e. The molecule has 0 aliphatic heterocycles. The van der Waals surface area contributed by atoms with Crippen LogP contribution in [0.2, 0.25) is 0 Å². The summed E-state index contributed by atoms with van der Waals surface area (Å²) in [5.74, 6) is -0.525. The van der Waals surface area contributed by atoms with Crippen LogP contribution < -0.4 is 10.3 Å². The zero-order chi connectivity index (χ0) is 22.8. The van der Waals surface area contributed by atoms with Gasteiger partial charge in [-0.2, -0.15) is 13.2 Å². The van der Waals surface area contributed by atoms with E-state index in [4.69, 9.17) is 4.74 Å². The van der Waals surface area contributed by atoms with Gasteiger partial charge in [0.25, 0.3) is 5.56 Å². The van der Waals surface area contributed by atoms with Crippen LogP contribution in [0.3, 0.4) is 0 Å². The Balaban J connectivity index is 1.84. The van der Waals surface area contributed by atoms with Gasteiger partial charge in [0.15, 0.2) is 16.6 Å². The first-order chi connectivity index (χ1) is 14.4. The second-order valence-corrected chi connectivity index (χ2v) is 9.06. The fourth-order valence-electron chi connectivity index (χ4n) is 2.54. The summed E-state index contributed by atoms with van der Waals surface area (Å²) in [4.78, 5) is 17.2. The molecule has 1 aromatic heterocycles. The lowest BCUT2D eigenvalue weighted by Gasteiger charge is -2.19. The van der Waals surface area contributed by atoms with Gasteiger partial charge in [-0.1, -0.05) is 32.5 Å². The quantitative estimate of drug-likeness (QED) is 0.448. The Bertz CT molecular complexity index is 1120. The van der Waals surface area contributed by atoms with Crippen LogP contribution in [0.25, 0.3) is 5.69 Å². The monoisotopic (exact) mass is 452 g/mol. The van der Waals surface area contributed by atoms with Crippen LogP contribution in [-0.2, 0) is 6.18 Å². The number of hydrogen-bond donors (Lipinski definition) is 0. The average molecular weight is 452 g/mol. The molecule has 0 unspecified atom stereocenters. The van der Waals surface area contributed by atoms with E-state index < -0.39 is 23.1 Å². The zero-order valence-corrected chi connectivity index (χ0v) is 17.9. The summed E-state index contributed by atoms with van der Waals surface area (Å²) in [6.07, 6.45) is -1.67. The highest BCUT2D eigenvalue weighted by Gasteiger charge is 2.30. The predicted molar refractivity (Wildman–Crippen MR) is 110 cm³/mol. The van der Waals surface area contributed by atoms with Gasteiger partial charge in [0.05, 0.1) is 17.9 Å². The van der Waals surface area contributed by atoms with Gasteiger partial charge in [-0.05, 0) is 41.8 Å². The van der Waals surface area contributed by atoms with Crippen LogP contribution in [0, 0.1) is 11.2 Å². The van der Waals surface area contributed by atoms with E-state index in [2.05, 4.69) is 4.98 Å². The third kappa shape index (κ3) is 5.88. The zero-order valence-electron chi connectivity index (χ0n) is 17.0. The Hall–Kier alpha value is -2.81. The van der Waals surface area contributed by atoms with E-state index in [9.17, 15) is 22.4 Å². The maximum atomic E-state index is 14.5. The number of halogens is 4. The van der Waals surface area contributed by atoms with Crippen molar-refractivity contribution in [3.63, 3.8) is 0 Å². The fraction of sp³-hybridized carbons (Fsp3) is 0.273. The van der Waals surface area contributed by atoms with Gasteiger partial charge in [0, 0.05) is 23.4 Å². The molecule has 164 valence electrons. The topological polar surface area (TPSA) is 44.1 Å². The van der Waals surface area contributed by atoms with Gasteiger partial charge in [-0.25, -0.2) is 9.37 Å². The second kappa shape index (κ2) is 8.74. The first kappa shape index (κ1) is 22.9. The largest absolute Gasteiger partial charge is 0.490 e. The number of hydrogen-bond acceptors (Lipinski definition) is 4. The summed E-state index contributed by atoms with van der Waals surface area (Å²) in [7, 11) is 0. The second-order valence-electron chi connectivity index (χ2n) is 8.00. The molecule has 0 saturated heterocycles. The highest BCUT2D eigenvalue weighted by Crippen LogP contribution is 2.32. The Morgan fingerprint density at radius 2 is 1.74 bits per heavy atom. The summed E-state index contributed by atoms with van der Waals surface area (Å²) in [6, 6.07) is 8.61. The number of nitrogens with zero attached hydrogens (tertiary/aromatic N) is 2. The first-order valence-electron chi connectivity index (χ1n) is 9.29. The molecule has 0 aliphatic carbocycles. The molecule has 0 N–H and O–H groups in total. The van der Waals surface area contributed by atoms with Crippen molar-refractivity contribution in [1.29, 1.82) is 0 Å². The Labute approximate surface area is 180 Å². The van der Waals surface area contributed by atoms with Crippen molar-refractivity contribution in [2.45, 2.75) is 36.9 Å². The number of aromatic nitrogens is 2. The van der Waals surface area contributed by atoms with Crippen molar-refractivity contribution in [2.75, 3.05) is 6.61 Å².